The van der Waals surface area contributed by atoms with E-state index in [0.29, 0.717) is 22.9 Å². The van der Waals surface area contributed by atoms with Gasteiger partial charge in [0.25, 0.3) is 0 Å². The van der Waals surface area contributed by atoms with Crippen molar-refractivity contribution in [3.05, 3.63) is 64.7 Å². The van der Waals surface area contributed by atoms with Gasteiger partial charge in [0.1, 0.15) is 0 Å². The number of nitrogens with one attached hydrogen (secondary N) is 1. The van der Waals surface area contributed by atoms with E-state index >= 15 is 0 Å². The first-order valence-corrected chi connectivity index (χ1v) is 11.4. The summed E-state index contributed by atoms with van der Waals surface area (Å²) in [6.45, 7) is 2.49. The highest BCUT2D eigenvalue weighted by molar-refractivity contribution is 6.33. The number of fused-ring (bicyclic) bond motifs is 3. The molecule has 1 aliphatic rings. The fraction of sp³-hybridized carbons (Fsp3) is 0.333. The molecule has 0 spiro atoms. The summed E-state index contributed by atoms with van der Waals surface area (Å²) in [5, 5.41) is 17.0. The summed E-state index contributed by atoms with van der Waals surface area (Å²) in [7, 11) is 0. The first kappa shape index (κ1) is 20.7. The van der Waals surface area contributed by atoms with Gasteiger partial charge in [-0.05, 0) is 60.5 Å². The van der Waals surface area contributed by atoms with Crippen molar-refractivity contribution in [1.29, 1.82) is 0 Å². The molecule has 164 valence electrons. The van der Waals surface area contributed by atoms with Gasteiger partial charge < -0.3 is 10.2 Å². The lowest BCUT2D eigenvalue weighted by molar-refractivity contribution is 0.163. The molecule has 1 saturated carbocycles. The quantitative estimate of drug-likeness (QED) is 0.440. The van der Waals surface area contributed by atoms with Crippen LogP contribution in [0.4, 0.5) is 10.5 Å². The predicted octanol–water partition coefficient (Wildman–Crippen LogP) is 5.61. The molecule has 32 heavy (non-hydrogen) atoms. The molecule has 0 saturated heterocycles. The van der Waals surface area contributed by atoms with E-state index in [9.17, 15) is 4.79 Å². The van der Waals surface area contributed by atoms with Gasteiger partial charge in [0.15, 0.2) is 5.65 Å². The first-order valence-electron chi connectivity index (χ1n) is 11.0. The van der Waals surface area contributed by atoms with Crippen LogP contribution >= 0.6 is 11.6 Å². The van der Waals surface area contributed by atoms with E-state index in [1.807, 2.05) is 29.2 Å². The van der Waals surface area contributed by atoms with Gasteiger partial charge in [0, 0.05) is 17.0 Å². The van der Waals surface area contributed by atoms with Crippen molar-refractivity contribution in [2.75, 3.05) is 5.32 Å². The number of carbonyl (C=O) groups is 1. The Morgan fingerprint density at radius 3 is 2.78 bits per heavy atom. The van der Waals surface area contributed by atoms with Crippen LogP contribution in [0.15, 0.2) is 48.5 Å². The molecule has 2 aromatic heterocycles. The normalized spacial score (nSPS) is 14.7. The van der Waals surface area contributed by atoms with Crippen molar-refractivity contribution in [2.24, 2.45) is 0 Å². The van der Waals surface area contributed by atoms with Crippen molar-refractivity contribution in [3.63, 3.8) is 0 Å². The Labute approximate surface area is 191 Å². The Kier molecular flexibility index (Phi) is 5.66. The van der Waals surface area contributed by atoms with Crippen LogP contribution in [-0.2, 0) is 6.54 Å². The van der Waals surface area contributed by atoms with Crippen molar-refractivity contribution < 1.29 is 4.79 Å². The van der Waals surface area contributed by atoms with Crippen LogP contribution in [-0.4, -0.2) is 37.0 Å². The lowest BCUT2D eigenvalue weighted by Gasteiger charge is -2.34. The minimum atomic E-state index is -0.153. The molecule has 2 amide bonds. The van der Waals surface area contributed by atoms with Crippen molar-refractivity contribution in [3.8, 4) is 0 Å². The second-order valence-electron chi connectivity index (χ2n) is 8.48. The summed E-state index contributed by atoms with van der Waals surface area (Å²) in [4.78, 5) is 15.4. The molecule has 1 aliphatic carbocycles. The maximum Gasteiger partial charge on any atom is 0.322 e. The molecule has 2 heterocycles. The zero-order valence-electron chi connectivity index (χ0n) is 18.0. The number of tetrazole rings is 1. The number of para-hydroxylation sites is 1. The van der Waals surface area contributed by atoms with Crippen LogP contribution in [0.1, 0.15) is 43.2 Å². The number of aromatic nitrogens is 4. The van der Waals surface area contributed by atoms with E-state index in [4.69, 9.17) is 11.6 Å². The molecule has 0 radical (unpaired) electrons. The molecule has 8 heteroatoms. The molecule has 0 atom stereocenters. The number of carbonyl (C=O) groups excluding carboxylic acids is 1. The largest absolute Gasteiger partial charge is 0.322 e. The van der Waals surface area contributed by atoms with Gasteiger partial charge in [-0.1, -0.05) is 54.6 Å². The minimum Gasteiger partial charge on any atom is -0.317 e. The molecule has 0 unspecified atom stereocenters. The van der Waals surface area contributed by atoms with E-state index < -0.39 is 0 Å². The highest BCUT2D eigenvalue weighted by atomic mass is 35.5. The van der Waals surface area contributed by atoms with E-state index in [-0.39, 0.29) is 12.1 Å². The smallest absolute Gasteiger partial charge is 0.317 e. The highest BCUT2D eigenvalue weighted by Crippen LogP contribution is 2.28. The van der Waals surface area contributed by atoms with Gasteiger partial charge in [-0.15, -0.1) is 5.10 Å². The van der Waals surface area contributed by atoms with Gasteiger partial charge in [-0.25, -0.2) is 4.79 Å². The maximum absolute atomic E-state index is 13.5. The summed E-state index contributed by atoms with van der Waals surface area (Å²) in [6.07, 6.45) is 5.44. The van der Waals surface area contributed by atoms with E-state index in [1.165, 1.54) is 6.42 Å². The van der Waals surface area contributed by atoms with E-state index in [0.717, 1.165) is 47.7 Å². The molecular weight excluding hydrogens is 424 g/mol. The van der Waals surface area contributed by atoms with Crippen LogP contribution in [0.25, 0.3) is 16.6 Å². The molecule has 1 fully saturated rings. The van der Waals surface area contributed by atoms with Gasteiger partial charge in [-0.3, -0.25) is 0 Å². The Morgan fingerprint density at radius 2 is 1.97 bits per heavy atom. The zero-order chi connectivity index (χ0) is 22.1. The van der Waals surface area contributed by atoms with Crippen LogP contribution in [0.5, 0.6) is 0 Å². The minimum absolute atomic E-state index is 0.153. The third-order valence-corrected chi connectivity index (χ3v) is 6.56. The summed E-state index contributed by atoms with van der Waals surface area (Å²) in [5.41, 5.74) is 4.32. The number of halogens is 1. The molecular formula is C24H25ClN6O. The Hall–Kier alpha value is -3.19. The number of aryl methyl sites for hydroxylation is 1. The van der Waals surface area contributed by atoms with E-state index in [2.05, 4.69) is 46.0 Å². The Morgan fingerprint density at radius 1 is 1.16 bits per heavy atom. The number of amides is 2. The number of anilines is 1. The molecule has 0 bridgehead atoms. The number of hydrogen-bond donors (Lipinski definition) is 1. The first-order chi connectivity index (χ1) is 15.6. The summed E-state index contributed by atoms with van der Waals surface area (Å²) >= 11 is 6.30. The van der Waals surface area contributed by atoms with Crippen LogP contribution in [0.2, 0.25) is 5.02 Å². The fourth-order valence-electron chi connectivity index (χ4n) is 4.59. The molecule has 0 aliphatic heterocycles. The molecule has 4 aromatic rings. The van der Waals surface area contributed by atoms with E-state index in [1.54, 1.807) is 10.6 Å². The number of hydrogen-bond acceptors (Lipinski definition) is 4. The molecule has 7 nitrogen and oxygen atoms in total. The second-order valence-corrected chi connectivity index (χ2v) is 8.88. The average molecular weight is 449 g/mol. The van der Waals surface area contributed by atoms with Crippen LogP contribution < -0.4 is 5.32 Å². The van der Waals surface area contributed by atoms with Crippen LogP contribution in [0, 0.1) is 6.92 Å². The molecule has 5 rings (SSSR count). The Bertz CT molecular complexity index is 1280. The van der Waals surface area contributed by atoms with Gasteiger partial charge in [-0.2, -0.15) is 4.52 Å². The molecule has 2 aromatic carbocycles. The summed E-state index contributed by atoms with van der Waals surface area (Å²) < 4.78 is 1.76. The average Bonchev–Trinajstić information content (AvgIpc) is 3.29. The monoisotopic (exact) mass is 448 g/mol. The predicted molar refractivity (Wildman–Crippen MR) is 126 cm³/mol. The zero-order valence-corrected chi connectivity index (χ0v) is 18.7. The van der Waals surface area contributed by atoms with Gasteiger partial charge >= 0.3 is 6.03 Å². The number of pyridine rings is 1. The number of nitrogens with zero attached hydrogens (tertiary/aromatic N) is 5. The third kappa shape index (κ3) is 4.00. The van der Waals surface area contributed by atoms with Crippen LogP contribution in [0.3, 0.4) is 0 Å². The van der Waals surface area contributed by atoms with Gasteiger partial charge in [0.05, 0.1) is 22.8 Å². The lowest BCUT2D eigenvalue weighted by Crippen LogP contribution is -2.43. The van der Waals surface area contributed by atoms with Crippen molar-refractivity contribution in [2.45, 2.75) is 51.6 Å². The van der Waals surface area contributed by atoms with Crippen molar-refractivity contribution in [1.82, 2.24) is 24.9 Å². The van der Waals surface area contributed by atoms with Gasteiger partial charge in [0.2, 0.25) is 0 Å². The van der Waals surface area contributed by atoms with Crippen molar-refractivity contribution >= 4 is 39.9 Å². The standard InChI is InChI=1S/C24H25ClN6O/c1-16-11-12-22-17(13-16)14-18(23-27-28-29-31(22)23)15-30(19-7-3-2-4-8-19)24(32)26-21-10-6-5-9-20(21)25/h5-6,9-14,19H,2-4,7-8,15H2,1H3,(H,26,32). The summed E-state index contributed by atoms with van der Waals surface area (Å²) in [6, 6.07) is 15.6. The SMILES string of the molecule is Cc1ccc2c(c1)cc(CN(C(=O)Nc1ccccc1Cl)C1CCCCC1)c1nnnn12. The third-order valence-electron chi connectivity index (χ3n) is 6.23. The lowest BCUT2D eigenvalue weighted by atomic mass is 9.94. The fourth-order valence-corrected chi connectivity index (χ4v) is 4.78. The highest BCUT2D eigenvalue weighted by Gasteiger charge is 2.27. The number of benzene rings is 2. The second kappa shape index (κ2) is 8.74. The maximum atomic E-state index is 13.5. The number of urea groups is 1. The number of rotatable bonds is 4. The molecule has 1 N–H and O–H groups in total. The Balaban J connectivity index is 1.53. The summed E-state index contributed by atoms with van der Waals surface area (Å²) in [5.74, 6) is 0. The topological polar surface area (TPSA) is 75.4 Å².